The lowest BCUT2D eigenvalue weighted by Crippen LogP contribution is -2.50. The average Bonchev–Trinajstić information content (AvgIpc) is 3.57. The number of fused-ring (bicyclic) bond motifs is 2. The SMILES string of the molecule is C=C(/C=C\C=C(\Cl)CF)[C@H]1[C@H](C(=O)NCCN2CCCC2)N[C@H](CC(C)(C)C)[C@]12C(=O)Nc1cc(Cl)c(F)cc12. The lowest BCUT2D eigenvalue weighted by Gasteiger charge is -2.37. The highest BCUT2D eigenvalue weighted by atomic mass is 35.5. The molecule has 3 aliphatic rings. The molecule has 0 aromatic heterocycles. The van der Waals surface area contributed by atoms with Crippen molar-refractivity contribution in [1.29, 1.82) is 0 Å². The minimum absolute atomic E-state index is 0.00536. The van der Waals surface area contributed by atoms with Crippen molar-refractivity contribution in [2.45, 2.75) is 57.5 Å². The molecule has 218 valence electrons. The maximum atomic E-state index is 15.0. The van der Waals surface area contributed by atoms with Crippen LogP contribution < -0.4 is 16.0 Å². The van der Waals surface area contributed by atoms with Gasteiger partial charge in [0, 0.05) is 35.8 Å². The summed E-state index contributed by atoms with van der Waals surface area (Å²) in [5, 5.41) is 9.32. The van der Waals surface area contributed by atoms with Crippen LogP contribution in [0.5, 0.6) is 0 Å². The van der Waals surface area contributed by atoms with Crippen molar-refractivity contribution in [3.63, 3.8) is 0 Å². The third kappa shape index (κ3) is 6.15. The number of benzene rings is 1. The van der Waals surface area contributed by atoms with E-state index in [4.69, 9.17) is 23.2 Å². The Bertz CT molecular complexity index is 1220. The minimum Gasteiger partial charge on any atom is -0.353 e. The number of allylic oxidation sites excluding steroid dienone is 4. The van der Waals surface area contributed by atoms with Crippen molar-refractivity contribution in [3.05, 3.63) is 63.9 Å². The van der Waals surface area contributed by atoms with E-state index >= 15 is 0 Å². The van der Waals surface area contributed by atoms with Gasteiger partial charge in [0.1, 0.15) is 17.9 Å². The zero-order valence-electron chi connectivity index (χ0n) is 23.3. The third-order valence-electron chi connectivity index (χ3n) is 8.02. The number of carbonyl (C=O) groups excluding carboxylic acids is 2. The predicted octanol–water partition coefficient (Wildman–Crippen LogP) is 5.48. The zero-order valence-corrected chi connectivity index (χ0v) is 24.8. The molecule has 1 aromatic carbocycles. The molecule has 3 N–H and O–H groups in total. The van der Waals surface area contributed by atoms with Gasteiger partial charge in [-0.15, -0.1) is 0 Å². The predicted molar refractivity (Wildman–Crippen MR) is 157 cm³/mol. The first-order valence-electron chi connectivity index (χ1n) is 13.7. The molecule has 2 fully saturated rings. The van der Waals surface area contributed by atoms with E-state index in [9.17, 15) is 18.4 Å². The van der Waals surface area contributed by atoms with Gasteiger partial charge in [-0.1, -0.05) is 62.7 Å². The monoisotopic (exact) mass is 594 g/mol. The second-order valence-corrected chi connectivity index (χ2v) is 13.0. The van der Waals surface area contributed by atoms with Gasteiger partial charge in [-0.3, -0.25) is 9.59 Å². The van der Waals surface area contributed by atoms with Crippen LogP contribution in [0.4, 0.5) is 14.5 Å². The highest BCUT2D eigenvalue weighted by Crippen LogP contribution is 2.55. The molecular formula is C30H38Cl2F2N4O2. The van der Waals surface area contributed by atoms with Crippen molar-refractivity contribution < 1.29 is 18.4 Å². The van der Waals surface area contributed by atoms with Crippen LogP contribution in [0.3, 0.4) is 0 Å². The van der Waals surface area contributed by atoms with Crippen LogP contribution in [0, 0.1) is 17.2 Å². The fraction of sp³-hybridized carbons (Fsp3) is 0.533. The number of rotatable bonds is 9. The van der Waals surface area contributed by atoms with Crippen LogP contribution in [0.1, 0.15) is 45.6 Å². The standard InChI is InChI=1S/C30H38Cl2F2N4O2/c1-18(8-7-9-19(31)17-33)25-26(27(39)35-10-13-38-11-5-6-12-38)37-24(16-29(2,3)4)30(25)20-14-22(34)21(32)15-23(20)36-28(30)40/h7-9,14-15,24-26,37H,1,5-6,10-13,16-17H2,2-4H3,(H,35,39)(H,36,40)/b8-7-,19-9+/t24-,25+,26-,30+/m1/s1. The van der Waals surface area contributed by atoms with E-state index in [1.165, 1.54) is 18.2 Å². The van der Waals surface area contributed by atoms with Crippen molar-refractivity contribution in [3.8, 4) is 0 Å². The first kappa shape index (κ1) is 30.7. The summed E-state index contributed by atoms with van der Waals surface area (Å²) >= 11 is 11.9. The van der Waals surface area contributed by atoms with E-state index in [0.717, 1.165) is 32.5 Å². The van der Waals surface area contributed by atoms with Gasteiger partial charge >= 0.3 is 0 Å². The Morgan fingerprint density at radius 3 is 2.65 bits per heavy atom. The second-order valence-electron chi connectivity index (χ2n) is 12.1. The highest BCUT2D eigenvalue weighted by Gasteiger charge is 2.65. The number of likely N-dealkylation sites (tertiary alicyclic amines) is 1. The maximum absolute atomic E-state index is 15.0. The number of alkyl halides is 1. The molecule has 4 rings (SSSR count). The Balaban J connectivity index is 1.79. The molecule has 40 heavy (non-hydrogen) atoms. The molecular weight excluding hydrogens is 557 g/mol. The average molecular weight is 596 g/mol. The van der Waals surface area contributed by atoms with E-state index in [0.29, 0.717) is 29.8 Å². The Kier molecular flexibility index (Phi) is 9.45. The maximum Gasteiger partial charge on any atom is 0.237 e. The Hall–Kier alpha value is -2.26. The molecule has 4 atom stereocenters. The molecule has 10 heteroatoms. The van der Waals surface area contributed by atoms with Gasteiger partial charge in [-0.05, 0) is 67.1 Å². The van der Waals surface area contributed by atoms with Crippen LogP contribution in [-0.2, 0) is 15.0 Å². The molecule has 2 amide bonds. The van der Waals surface area contributed by atoms with Crippen LogP contribution in [0.25, 0.3) is 0 Å². The molecule has 0 radical (unpaired) electrons. The van der Waals surface area contributed by atoms with E-state index in [-0.39, 0.29) is 27.3 Å². The Morgan fingerprint density at radius 2 is 2.00 bits per heavy atom. The first-order valence-corrected chi connectivity index (χ1v) is 14.5. The Labute approximate surface area is 245 Å². The van der Waals surface area contributed by atoms with Crippen molar-refractivity contribution in [2.24, 2.45) is 11.3 Å². The van der Waals surface area contributed by atoms with Gasteiger partial charge in [-0.25, -0.2) is 8.78 Å². The quantitative estimate of drug-likeness (QED) is 0.331. The molecule has 0 saturated carbocycles. The minimum atomic E-state index is -1.35. The lowest BCUT2D eigenvalue weighted by atomic mass is 9.62. The summed E-state index contributed by atoms with van der Waals surface area (Å²) in [5.74, 6) is -2.04. The number of carbonyl (C=O) groups is 2. The number of anilines is 1. The fourth-order valence-corrected chi connectivity index (χ4v) is 6.60. The summed E-state index contributed by atoms with van der Waals surface area (Å²) in [4.78, 5) is 30.2. The van der Waals surface area contributed by atoms with Crippen molar-refractivity contribution >= 4 is 40.7 Å². The van der Waals surface area contributed by atoms with Gasteiger partial charge in [-0.2, -0.15) is 0 Å². The zero-order chi connectivity index (χ0) is 29.2. The normalized spacial score (nSPS) is 27.0. The van der Waals surface area contributed by atoms with E-state index in [1.807, 2.05) is 0 Å². The van der Waals surface area contributed by atoms with Gasteiger partial charge in [0.2, 0.25) is 11.8 Å². The van der Waals surface area contributed by atoms with Crippen molar-refractivity contribution in [2.75, 3.05) is 38.2 Å². The van der Waals surface area contributed by atoms with E-state index in [2.05, 4.69) is 48.2 Å². The molecule has 0 unspecified atom stereocenters. The summed E-state index contributed by atoms with van der Waals surface area (Å²) in [6.07, 6.45) is 7.41. The topological polar surface area (TPSA) is 73.5 Å². The molecule has 6 nitrogen and oxygen atoms in total. The molecule has 1 aromatic rings. The molecule has 1 spiro atoms. The smallest absolute Gasteiger partial charge is 0.237 e. The second kappa shape index (κ2) is 12.3. The summed E-state index contributed by atoms with van der Waals surface area (Å²) in [6, 6.07) is 1.35. The van der Waals surface area contributed by atoms with Crippen LogP contribution >= 0.6 is 23.2 Å². The number of amides is 2. The first-order chi connectivity index (χ1) is 18.9. The largest absolute Gasteiger partial charge is 0.353 e. The summed E-state index contributed by atoms with van der Waals surface area (Å²) in [6.45, 7) is 12.8. The van der Waals surface area contributed by atoms with Crippen LogP contribution in [0.15, 0.2) is 47.5 Å². The van der Waals surface area contributed by atoms with Crippen LogP contribution in [-0.4, -0.2) is 61.7 Å². The van der Waals surface area contributed by atoms with Gasteiger partial charge in [0.05, 0.1) is 11.1 Å². The number of nitrogens with one attached hydrogen (secondary N) is 3. The number of hydrogen-bond donors (Lipinski definition) is 3. The lowest BCUT2D eigenvalue weighted by molar-refractivity contribution is -0.124. The fourth-order valence-electron chi connectivity index (χ4n) is 6.36. The van der Waals surface area contributed by atoms with Gasteiger partial charge < -0.3 is 20.9 Å². The molecule has 0 bridgehead atoms. The van der Waals surface area contributed by atoms with Crippen molar-refractivity contribution in [1.82, 2.24) is 15.5 Å². The van der Waals surface area contributed by atoms with Crippen LogP contribution in [0.2, 0.25) is 5.02 Å². The molecule has 2 saturated heterocycles. The van der Waals surface area contributed by atoms with E-state index in [1.54, 1.807) is 12.2 Å². The third-order valence-corrected chi connectivity index (χ3v) is 8.54. The number of hydrogen-bond acceptors (Lipinski definition) is 4. The summed E-state index contributed by atoms with van der Waals surface area (Å²) in [7, 11) is 0. The molecule has 3 heterocycles. The Morgan fingerprint density at radius 1 is 1.30 bits per heavy atom. The summed E-state index contributed by atoms with van der Waals surface area (Å²) < 4.78 is 27.9. The molecule has 3 aliphatic heterocycles. The number of nitrogens with zero attached hydrogens (tertiary/aromatic N) is 1. The summed E-state index contributed by atoms with van der Waals surface area (Å²) in [5.41, 5.74) is -0.278. The van der Waals surface area contributed by atoms with Gasteiger partial charge in [0.15, 0.2) is 0 Å². The van der Waals surface area contributed by atoms with Gasteiger partial charge in [0.25, 0.3) is 0 Å². The number of halogens is 4. The molecule has 0 aliphatic carbocycles. The van der Waals surface area contributed by atoms with E-state index < -0.39 is 35.9 Å². The highest BCUT2D eigenvalue weighted by molar-refractivity contribution is 6.31.